The molecule has 0 atom stereocenters. The first-order chi connectivity index (χ1) is 9.95. The first kappa shape index (κ1) is 13.3. The summed E-state index contributed by atoms with van der Waals surface area (Å²) in [5.41, 5.74) is 3.75. The van der Waals surface area contributed by atoms with E-state index in [9.17, 15) is 0 Å². The minimum atomic E-state index is -0.0498. The van der Waals surface area contributed by atoms with Crippen LogP contribution in [0, 0.1) is 23.7 Å². The lowest BCUT2D eigenvalue weighted by Crippen LogP contribution is -2.21. The minimum absolute atomic E-state index is 0.0498. The van der Waals surface area contributed by atoms with E-state index < -0.39 is 0 Å². The largest absolute Gasteiger partial charge is 0.335 e. The van der Waals surface area contributed by atoms with Gasteiger partial charge in [0.1, 0.15) is 0 Å². The van der Waals surface area contributed by atoms with Crippen molar-refractivity contribution in [2.24, 2.45) is 0 Å². The molecule has 0 amide bonds. The number of rotatable bonds is 0. The van der Waals surface area contributed by atoms with Gasteiger partial charge in [0.15, 0.2) is 0 Å². The highest BCUT2D eigenvalue weighted by atomic mass is 15.0. The Kier molecular flexibility index (Phi) is 2.78. The molecule has 2 heteroatoms. The van der Waals surface area contributed by atoms with Crippen molar-refractivity contribution in [1.29, 1.82) is 5.26 Å². The van der Waals surface area contributed by atoms with Crippen LogP contribution in [0.2, 0.25) is 0 Å². The molecule has 102 valence electrons. The molecule has 0 unspecified atom stereocenters. The van der Waals surface area contributed by atoms with Crippen LogP contribution < -0.4 is 0 Å². The molecule has 3 aromatic rings. The van der Waals surface area contributed by atoms with Gasteiger partial charge in [-0.2, -0.15) is 5.26 Å². The topological polar surface area (TPSA) is 28.7 Å². The third-order valence-corrected chi connectivity index (χ3v) is 3.73. The second kappa shape index (κ2) is 4.40. The molecular formula is C19H16N2. The van der Waals surface area contributed by atoms with Crippen molar-refractivity contribution in [1.82, 2.24) is 4.57 Å². The Bertz CT molecular complexity index is 867. The van der Waals surface area contributed by atoms with Gasteiger partial charge in [-0.1, -0.05) is 5.92 Å². The molecule has 0 radical (unpaired) electrons. The van der Waals surface area contributed by atoms with E-state index in [2.05, 4.69) is 43.4 Å². The zero-order valence-corrected chi connectivity index (χ0v) is 12.4. The monoisotopic (exact) mass is 272 g/mol. The molecule has 0 aliphatic carbocycles. The van der Waals surface area contributed by atoms with E-state index in [0.717, 1.165) is 27.4 Å². The summed E-state index contributed by atoms with van der Waals surface area (Å²) in [6, 6.07) is 14.1. The van der Waals surface area contributed by atoms with Crippen molar-refractivity contribution >= 4 is 21.8 Å². The van der Waals surface area contributed by atoms with Crippen molar-refractivity contribution in [3.8, 4) is 18.4 Å². The van der Waals surface area contributed by atoms with Crippen LogP contribution >= 0.6 is 0 Å². The van der Waals surface area contributed by atoms with Crippen molar-refractivity contribution in [3.63, 3.8) is 0 Å². The van der Waals surface area contributed by atoms with Crippen molar-refractivity contribution < 1.29 is 0 Å². The van der Waals surface area contributed by atoms with E-state index >= 15 is 0 Å². The molecule has 21 heavy (non-hydrogen) atoms. The zero-order chi connectivity index (χ0) is 15.2. The van der Waals surface area contributed by atoms with Gasteiger partial charge in [0.25, 0.3) is 0 Å². The van der Waals surface area contributed by atoms with Crippen LogP contribution in [0.25, 0.3) is 21.8 Å². The average molecular weight is 272 g/mol. The van der Waals surface area contributed by atoms with Crippen LogP contribution in [-0.4, -0.2) is 4.57 Å². The van der Waals surface area contributed by atoms with Crippen LogP contribution in [0.3, 0.4) is 0 Å². The van der Waals surface area contributed by atoms with Crippen molar-refractivity contribution in [3.05, 3.63) is 47.5 Å². The maximum Gasteiger partial charge on any atom is 0.0991 e. The van der Waals surface area contributed by atoms with Gasteiger partial charge in [-0.3, -0.25) is 0 Å². The van der Waals surface area contributed by atoms with E-state index in [1.165, 1.54) is 0 Å². The molecule has 0 N–H and O–H groups in total. The van der Waals surface area contributed by atoms with Gasteiger partial charge in [0.2, 0.25) is 0 Å². The Morgan fingerprint density at radius 3 is 1.95 bits per heavy atom. The Balaban J connectivity index is 2.56. The molecule has 1 aromatic heterocycles. The summed E-state index contributed by atoms with van der Waals surface area (Å²) < 4.78 is 2.30. The van der Waals surface area contributed by atoms with E-state index in [1.807, 2.05) is 30.3 Å². The molecule has 0 bridgehead atoms. The van der Waals surface area contributed by atoms with Gasteiger partial charge in [-0.25, -0.2) is 0 Å². The molecule has 3 rings (SSSR count). The van der Waals surface area contributed by atoms with Gasteiger partial charge in [-0.05, 0) is 57.2 Å². The van der Waals surface area contributed by atoms with E-state index in [4.69, 9.17) is 11.7 Å². The second-order valence-corrected chi connectivity index (χ2v) is 6.23. The molecule has 0 aliphatic rings. The fraction of sp³-hybridized carbons (Fsp3) is 0.211. The first-order valence-electron chi connectivity index (χ1n) is 6.91. The molecule has 0 spiro atoms. The maximum absolute atomic E-state index is 9.15. The fourth-order valence-electron chi connectivity index (χ4n) is 2.91. The summed E-state index contributed by atoms with van der Waals surface area (Å²) >= 11 is 0. The molecule has 2 nitrogen and oxygen atoms in total. The summed E-state index contributed by atoms with van der Waals surface area (Å²) in [6.07, 6.45) is 5.52. The van der Waals surface area contributed by atoms with E-state index in [-0.39, 0.29) is 5.54 Å². The number of terminal acetylenes is 1. The minimum Gasteiger partial charge on any atom is -0.335 e. The van der Waals surface area contributed by atoms with Crippen molar-refractivity contribution in [2.75, 3.05) is 0 Å². The number of nitriles is 1. The lowest BCUT2D eigenvalue weighted by Gasteiger charge is -2.24. The number of nitrogens with zero attached hydrogens (tertiary/aromatic N) is 2. The van der Waals surface area contributed by atoms with Gasteiger partial charge < -0.3 is 4.57 Å². The second-order valence-electron chi connectivity index (χ2n) is 6.23. The zero-order valence-electron chi connectivity index (χ0n) is 12.4. The number of benzene rings is 2. The molecule has 0 fully saturated rings. The Morgan fingerprint density at radius 2 is 1.48 bits per heavy atom. The maximum atomic E-state index is 9.15. The third kappa shape index (κ3) is 1.97. The number of hydrogen-bond donors (Lipinski definition) is 0. The Hall–Kier alpha value is -2.71. The number of hydrogen-bond acceptors (Lipinski definition) is 1. The highest BCUT2D eigenvalue weighted by Gasteiger charge is 2.20. The third-order valence-electron chi connectivity index (χ3n) is 3.73. The Morgan fingerprint density at radius 1 is 0.952 bits per heavy atom. The van der Waals surface area contributed by atoms with Gasteiger partial charge >= 0.3 is 0 Å². The van der Waals surface area contributed by atoms with Crippen LogP contribution in [0.15, 0.2) is 36.4 Å². The average Bonchev–Trinajstić information content (AvgIpc) is 2.79. The quantitative estimate of drug-likeness (QED) is 0.557. The normalized spacial score (nSPS) is 11.5. The van der Waals surface area contributed by atoms with Crippen LogP contribution in [0.5, 0.6) is 0 Å². The van der Waals surface area contributed by atoms with Gasteiger partial charge in [0, 0.05) is 32.9 Å². The summed E-state index contributed by atoms with van der Waals surface area (Å²) in [6.45, 7) is 6.54. The SMILES string of the molecule is C#Cc1ccc2c(c1)c1cc(C#N)ccc1n2C(C)(C)C. The molecule has 1 heterocycles. The lowest BCUT2D eigenvalue weighted by atomic mass is 10.1. The van der Waals surface area contributed by atoms with E-state index in [1.54, 1.807) is 0 Å². The predicted molar refractivity (Wildman–Crippen MR) is 87.1 cm³/mol. The van der Waals surface area contributed by atoms with Gasteiger partial charge in [0.05, 0.1) is 11.6 Å². The standard InChI is InChI=1S/C19H16N2/c1-5-13-6-8-17-15(10-13)16-11-14(12-20)7-9-18(16)21(17)19(2,3)4/h1,6-11H,2-4H3. The fourth-order valence-corrected chi connectivity index (χ4v) is 2.91. The summed E-state index contributed by atoms with van der Waals surface area (Å²) in [5.74, 6) is 2.69. The summed E-state index contributed by atoms with van der Waals surface area (Å²) in [4.78, 5) is 0. The smallest absolute Gasteiger partial charge is 0.0991 e. The summed E-state index contributed by atoms with van der Waals surface area (Å²) in [7, 11) is 0. The van der Waals surface area contributed by atoms with Crippen molar-refractivity contribution in [2.45, 2.75) is 26.3 Å². The summed E-state index contributed by atoms with van der Waals surface area (Å²) in [5, 5.41) is 11.3. The molecule has 2 aromatic carbocycles. The van der Waals surface area contributed by atoms with Crippen LogP contribution in [-0.2, 0) is 5.54 Å². The molecular weight excluding hydrogens is 256 g/mol. The van der Waals surface area contributed by atoms with Crippen LogP contribution in [0.1, 0.15) is 31.9 Å². The Labute approximate surface area is 124 Å². The number of fused-ring (bicyclic) bond motifs is 3. The molecule has 0 saturated carbocycles. The molecule has 0 aliphatic heterocycles. The van der Waals surface area contributed by atoms with Gasteiger partial charge in [-0.15, -0.1) is 6.42 Å². The first-order valence-corrected chi connectivity index (χ1v) is 6.91. The predicted octanol–water partition coefficient (Wildman–Crippen LogP) is 4.40. The van der Waals surface area contributed by atoms with Crippen LogP contribution in [0.4, 0.5) is 0 Å². The highest BCUT2D eigenvalue weighted by Crippen LogP contribution is 2.34. The lowest BCUT2D eigenvalue weighted by molar-refractivity contribution is 0.423. The van der Waals surface area contributed by atoms with E-state index in [0.29, 0.717) is 5.56 Å². The highest BCUT2D eigenvalue weighted by molar-refractivity contribution is 6.09. The number of aromatic nitrogens is 1. The molecule has 0 saturated heterocycles.